The van der Waals surface area contributed by atoms with Crippen LogP contribution in [-0.4, -0.2) is 49.0 Å². The van der Waals surface area contributed by atoms with Crippen molar-refractivity contribution in [3.8, 4) is 0 Å². The van der Waals surface area contributed by atoms with Gasteiger partial charge in [-0.3, -0.25) is 9.88 Å². The first-order chi connectivity index (χ1) is 13.3. The number of anilines is 1. The average Bonchev–Trinajstić information content (AvgIpc) is 2.72. The summed E-state index contributed by atoms with van der Waals surface area (Å²) in [6.07, 6.45) is 5.57. The third kappa shape index (κ3) is 5.68. The molecular weight excluding hydrogens is 398 g/mol. The summed E-state index contributed by atoms with van der Waals surface area (Å²) in [4.78, 5) is 9.24. The summed E-state index contributed by atoms with van der Waals surface area (Å²) in [5.41, 5.74) is 1.96. The second-order valence-corrected chi connectivity index (χ2v) is 8.74. The molecule has 0 spiro atoms. The normalized spacial score (nSPS) is 15.3. The summed E-state index contributed by atoms with van der Waals surface area (Å²) in [5.74, 6) is 0. The summed E-state index contributed by atoms with van der Waals surface area (Å²) >= 11 is 6.09. The molecule has 9 heteroatoms. The van der Waals surface area contributed by atoms with Crippen molar-refractivity contribution in [2.45, 2.75) is 11.4 Å². The van der Waals surface area contributed by atoms with Crippen molar-refractivity contribution in [3.63, 3.8) is 0 Å². The molecule has 1 aromatic carbocycles. The Balaban J connectivity index is 1.64. The Morgan fingerprint density at radius 2 is 1.75 bits per heavy atom. The van der Waals surface area contributed by atoms with E-state index in [2.05, 4.69) is 14.8 Å². The molecular formula is C19H24ClN5O2S. The molecule has 0 bridgehead atoms. The molecule has 0 radical (unpaired) electrons. The van der Waals surface area contributed by atoms with Crippen molar-refractivity contribution in [1.82, 2.24) is 14.5 Å². The Morgan fingerprint density at radius 1 is 1.07 bits per heavy atom. The molecule has 2 heterocycles. The van der Waals surface area contributed by atoms with Gasteiger partial charge in [-0.1, -0.05) is 11.6 Å². The number of sulfonamides is 1. The standard InChI is InChI=1S/C19H24ClN5O2S/c1-23-13-16(20)3-2-8-22-17(14-23)15-24-9-11-25(12-10-24)18-4-6-19(7-5-18)28(21,26)27/h2-8,13-14H,9-12,15H2,1H3,(H2,21,26,27). The van der Waals surface area contributed by atoms with Crippen LogP contribution < -0.4 is 10.0 Å². The number of hydrogen-bond donors (Lipinski definition) is 1. The van der Waals surface area contributed by atoms with Gasteiger partial charge in [-0.2, -0.15) is 0 Å². The molecule has 7 nitrogen and oxygen atoms in total. The number of aryl methyl sites for hydroxylation is 1. The summed E-state index contributed by atoms with van der Waals surface area (Å²) in [7, 11) is -1.73. The Kier molecular flexibility index (Phi) is 6.56. The van der Waals surface area contributed by atoms with Crippen molar-refractivity contribution in [2.24, 2.45) is 12.2 Å². The van der Waals surface area contributed by atoms with Gasteiger partial charge in [0.05, 0.1) is 15.6 Å². The van der Waals surface area contributed by atoms with Crippen LogP contribution in [0.1, 0.15) is 5.69 Å². The Morgan fingerprint density at radius 3 is 2.39 bits per heavy atom. The number of halogens is 1. The summed E-state index contributed by atoms with van der Waals surface area (Å²) < 4.78 is 24.7. The van der Waals surface area contributed by atoms with Gasteiger partial charge in [0.25, 0.3) is 0 Å². The molecule has 1 saturated heterocycles. The van der Waals surface area contributed by atoms with Gasteiger partial charge in [-0.25, -0.2) is 13.6 Å². The van der Waals surface area contributed by atoms with Crippen molar-refractivity contribution >= 4 is 27.3 Å². The van der Waals surface area contributed by atoms with E-state index in [0.717, 1.165) is 44.1 Å². The van der Waals surface area contributed by atoms with E-state index in [1.165, 1.54) is 0 Å². The molecule has 150 valence electrons. The Bertz CT molecular complexity index is 966. The van der Waals surface area contributed by atoms with Crippen LogP contribution in [0.15, 0.2) is 59.9 Å². The molecule has 1 aromatic heterocycles. The van der Waals surface area contributed by atoms with Crippen LogP contribution in [0.5, 0.6) is 0 Å². The van der Waals surface area contributed by atoms with E-state index in [9.17, 15) is 8.42 Å². The molecule has 2 N–H and O–H groups in total. The quantitative estimate of drug-likeness (QED) is 0.817. The molecule has 0 aliphatic carbocycles. The molecule has 0 unspecified atom stereocenters. The lowest BCUT2D eigenvalue weighted by Gasteiger charge is -2.36. The molecule has 1 fully saturated rings. The fourth-order valence-electron chi connectivity index (χ4n) is 3.14. The lowest BCUT2D eigenvalue weighted by molar-refractivity contribution is 0.246. The second kappa shape index (κ2) is 8.91. The van der Waals surface area contributed by atoms with Gasteiger partial charge in [0.15, 0.2) is 0 Å². The van der Waals surface area contributed by atoms with Crippen LogP contribution in [0.3, 0.4) is 0 Å². The first kappa shape index (κ1) is 20.6. The van der Waals surface area contributed by atoms with Gasteiger partial charge in [0.2, 0.25) is 10.0 Å². The second-order valence-electron chi connectivity index (χ2n) is 6.74. The van der Waals surface area contributed by atoms with E-state index < -0.39 is 10.0 Å². The number of nitrogens with two attached hydrogens (primary N) is 1. The number of primary sulfonamides is 1. The van der Waals surface area contributed by atoms with Crippen LogP contribution in [0.2, 0.25) is 5.02 Å². The fraction of sp³-hybridized carbons (Fsp3) is 0.316. The smallest absolute Gasteiger partial charge is 0.238 e. The first-order valence-corrected chi connectivity index (χ1v) is 10.8. The van der Waals surface area contributed by atoms with Crippen molar-refractivity contribution in [2.75, 3.05) is 31.1 Å². The number of benzene rings is 1. The van der Waals surface area contributed by atoms with Gasteiger partial charge < -0.3 is 9.47 Å². The minimum absolute atomic E-state index is 0.132. The maximum absolute atomic E-state index is 11.4. The third-order valence-corrected chi connectivity index (χ3v) is 5.70. The molecule has 0 atom stereocenters. The third-order valence-electron chi connectivity index (χ3n) is 4.55. The number of aromatic nitrogens is 2. The summed E-state index contributed by atoms with van der Waals surface area (Å²) in [6.45, 7) is 4.23. The van der Waals surface area contributed by atoms with Gasteiger partial charge in [0.1, 0.15) is 0 Å². The van der Waals surface area contributed by atoms with E-state index in [1.54, 1.807) is 36.5 Å². The van der Waals surface area contributed by atoms with E-state index in [0.29, 0.717) is 5.02 Å². The van der Waals surface area contributed by atoms with Gasteiger partial charge >= 0.3 is 0 Å². The van der Waals surface area contributed by atoms with Crippen molar-refractivity contribution < 1.29 is 8.42 Å². The maximum Gasteiger partial charge on any atom is 0.238 e. The SMILES string of the molecule is Cn1cc(Cl)cccnc(CN2CCN(c3ccc(S(N)(=O)=O)cc3)CC2)c1. The highest BCUT2D eigenvalue weighted by Gasteiger charge is 2.18. The highest BCUT2D eigenvalue weighted by atomic mass is 35.5. The number of piperazine rings is 1. The van der Waals surface area contributed by atoms with Crippen LogP contribution >= 0.6 is 11.6 Å². The fourth-order valence-corrected chi connectivity index (χ4v) is 3.88. The van der Waals surface area contributed by atoms with Gasteiger partial charge in [-0.05, 0) is 36.4 Å². The van der Waals surface area contributed by atoms with E-state index in [1.807, 2.05) is 30.1 Å². The van der Waals surface area contributed by atoms with Crippen LogP contribution in [0.4, 0.5) is 5.69 Å². The molecule has 28 heavy (non-hydrogen) atoms. The zero-order valence-corrected chi connectivity index (χ0v) is 17.3. The molecule has 1 aliphatic rings. The summed E-state index contributed by atoms with van der Waals surface area (Å²) in [6, 6.07) is 10.3. The highest BCUT2D eigenvalue weighted by Crippen LogP contribution is 2.19. The minimum Gasteiger partial charge on any atom is -0.369 e. The van der Waals surface area contributed by atoms with Crippen molar-refractivity contribution in [1.29, 1.82) is 0 Å². The molecule has 2 aromatic rings. The van der Waals surface area contributed by atoms with E-state index in [4.69, 9.17) is 16.7 Å². The minimum atomic E-state index is -3.66. The lowest BCUT2D eigenvalue weighted by atomic mass is 10.2. The molecule has 0 amide bonds. The van der Waals surface area contributed by atoms with E-state index in [-0.39, 0.29) is 4.90 Å². The molecule has 1 aliphatic heterocycles. The van der Waals surface area contributed by atoms with Crippen molar-refractivity contribution in [3.05, 3.63) is 65.7 Å². The van der Waals surface area contributed by atoms with Crippen LogP contribution in [0, 0.1) is 0 Å². The van der Waals surface area contributed by atoms with Crippen LogP contribution in [-0.2, 0) is 23.6 Å². The topological polar surface area (TPSA) is 84.5 Å². The highest BCUT2D eigenvalue weighted by molar-refractivity contribution is 7.89. The summed E-state index contributed by atoms with van der Waals surface area (Å²) in [5, 5.41) is 5.80. The van der Waals surface area contributed by atoms with Crippen LogP contribution in [0.25, 0.3) is 0 Å². The largest absolute Gasteiger partial charge is 0.369 e. The number of hydrogen-bond acceptors (Lipinski definition) is 5. The molecule has 0 saturated carbocycles. The lowest BCUT2D eigenvalue weighted by Crippen LogP contribution is -2.46. The average molecular weight is 422 g/mol. The zero-order chi connectivity index (χ0) is 20.1. The Hall–Kier alpha value is -2.13. The molecule has 3 rings (SSSR count). The van der Waals surface area contributed by atoms with Gasteiger partial charge in [-0.15, -0.1) is 0 Å². The predicted molar refractivity (Wildman–Crippen MR) is 111 cm³/mol. The number of rotatable bonds is 4. The maximum atomic E-state index is 11.4. The number of nitrogens with zero attached hydrogens (tertiary/aromatic N) is 4. The zero-order valence-electron chi connectivity index (χ0n) is 15.7. The van der Waals surface area contributed by atoms with Gasteiger partial charge in [0, 0.05) is 64.0 Å². The predicted octanol–water partition coefficient (Wildman–Crippen LogP) is 2.17. The van der Waals surface area contributed by atoms with E-state index >= 15 is 0 Å². The first-order valence-electron chi connectivity index (χ1n) is 8.92. The Labute approximate surface area is 170 Å². The monoisotopic (exact) mass is 421 g/mol.